The Hall–Kier alpha value is -3.62. The van der Waals surface area contributed by atoms with Gasteiger partial charge in [0.1, 0.15) is 17.6 Å². The molecule has 3 aliphatic carbocycles. The van der Waals surface area contributed by atoms with Gasteiger partial charge in [-0.3, -0.25) is 9.59 Å². The molecule has 3 fully saturated rings. The van der Waals surface area contributed by atoms with Crippen LogP contribution in [0.1, 0.15) is 104 Å². The summed E-state index contributed by atoms with van der Waals surface area (Å²) in [5.41, 5.74) is -0.356. The Balaban J connectivity index is 1.22. The number of carbonyl (C=O) groups is 2. The van der Waals surface area contributed by atoms with Crippen LogP contribution in [-0.2, 0) is 9.53 Å². The Bertz CT molecular complexity index is 1540. The maximum atomic E-state index is 13.6. The van der Waals surface area contributed by atoms with Crippen LogP contribution in [0.5, 0.6) is 0 Å². The van der Waals surface area contributed by atoms with E-state index in [4.69, 9.17) is 9.37 Å². The van der Waals surface area contributed by atoms with Crippen LogP contribution in [0.2, 0.25) is 0 Å². The zero-order valence-electron chi connectivity index (χ0n) is 24.1. The first-order chi connectivity index (χ1) is 20.7. The van der Waals surface area contributed by atoms with Gasteiger partial charge in [-0.25, -0.2) is 18.4 Å². The van der Waals surface area contributed by atoms with Crippen LogP contribution in [-0.4, -0.2) is 56.4 Å². The first kappa shape index (κ1) is 30.4. The second-order valence-electron chi connectivity index (χ2n) is 12.7. The lowest BCUT2D eigenvalue weighted by Gasteiger charge is -2.34. The van der Waals surface area contributed by atoms with Crippen molar-refractivity contribution in [1.82, 2.24) is 30.9 Å². The minimum Gasteiger partial charge on any atom is -0.364 e. The summed E-state index contributed by atoms with van der Waals surface area (Å²) in [4.78, 5) is 33.5. The van der Waals surface area contributed by atoms with Gasteiger partial charge in [0, 0.05) is 25.2 Å². The number of H-pyrrole nitrogens is 1. The highest BCUT2D eigenvalue weighted by Gasteiger charge is 2.49. The monoisotopic (exact) mass is 624 g/mol. The molecule has 2 atom stereocenters. The van der Waals surface area contributed by atoms with E-state index >= 15 is 0 Å². The van der Waals surface area contributed by atoms with E-state index < -0.39 is 36.3 Å². The van der Waals surface area contributed by atoms with Gasteiger partial charge in [0.2, 0.25) is 11.8 Å². The fourth-order valence-electron chi connectivity index (χ4n) is 5.50. The third-order valence-electron chi connectivity index (χ3n) is 8.56. The third kappa shape index (κ3) is 6.57. The van der Waals surface area contributed by atoms with Crippen molar-refractivity contribution in [1.29, 1.82) is 0 Å². The summed E-state index contributed by atoms with van der Waals surface area (Å²) in [6.07, 6.45) is -1.74. The van der Waals surface area contributed by atoms with Crippen LogP contribution < -0.4 is 10.6 Å². The second kappa shape index (κ2) is 11.1. The van der Waals surface area contributed by atoms with Gasteiger partial charge in [-0.05, 0) is 74.2 Å². The highest BCUT2D eigenvalue weighted by atomic mass is 19.4. The van der Waals surface area contributed by atoms with Crippen LogP contribution in [0, 0.1) is 11.8 Å². The minimum atomic E-state index is -4.67. The second-order valence-corrected chi connectivity index (χ2v) is 12.7. The number of fused-ring (bicyclic) bond motifs is 1. The first-order valence-electron chi connectivity index (χ1n) is 14.7. The molecule has 3 N–H and O–H groups in total. The van der Waals surface area contributed by atoms with Gasteiger partial charge in [0.25, 0.3) is 5.91 Å². The van der Waals surface area contributed by atoms with Crippen LogP contribution in [0.15, 0.2) is 22.8 Å². The standard InChI is InChI=1S/C29H33F5N6O4/c1-27(2,29(32,33)34)43-13-20(37-26(42)24-23(16-5-6-16)39-44-40-24)25-35-18-8-7-17(10-19(18)36-25)22(15-3-4-15)38-21(41)9-14-11-28(30,31)12-14/h7-8,10,14-16,20,22H,3-6,9,11-13H2,1-2H3,(H,35,36)(H,37,42)(H,38,41)/t20-,22+/m0/s1. The van der Waals surface area contributed by atoms with Gasteiger partial charge in [-0.2, -0.15) is 13.2 Å². The molecule has 2 heterocycles. The predicted octanol–water partition coefficient (Wildman–Crippen LogP) is 5.65. The Morgan fingerprint density at radius 3 is 2.48 bits per heavy atom. The van der Waals surface area contributed by atoms with Crippen LogP contribution in [0.25, 0.3) is 11.0 Å². The van der Waals surface area contributed by atoms with E-state index in [1.54, 1.807) is 18.2 Å². The minimum absolute atomic E-state index is 0.0361. The molecule has 0 radical (unpaired) electrons. The fraction of sp³-hybridized carbons (Fsp3) is 0.621. The first-order valence-corrected chi connectivity index (χ1v) is 14.7. The summed E-state index contributed by atoms with van der Waals surface area (Å²) in [6.45, 7) is 1.23. The van der Waals surface area contributed by atoms with E-state index in [1.807, 2.05) is 0 Å². The molecule has 238 valence electrons. The number of amides is 2. The molecule has 0 unspecified atom stereocenters. The van der Waals surface area contributed by atoms with Crippen molar-refractivity contribution in [3.63, 3.8) is 0 Å². The van der Waals surface area contributed by atoms with Crippen molar-refractivity contribution >= 4 is 22.8 Å². The van der Waals surface area contributed by atoms with E-state index in [2.05, 4.69) is 30.9 Å². The molecule has 0 spiro atoms. The number of nitrogens with one attached hydrogen (secondary N) is 3. The number of rotatable bonds is 12. The zero-order valence-corrected chi connectivity index (χ0v) is 24.1. The molecule has 2 amide bonds. The van der Waals surface area contributed by atoms with Crippen molar-refractivity contribution in [2.75, 3.05) is 6.61 Å². The van der Waals surface area contributed by atoms with E-state index in [0.29, 0.717) is 16.7 Å². The summed E-state index contributed by atoms with van der Waals surface area (Å²) in [7, 11) is 0. The van der Waals surface area contributed by atoms with Crippen LogP contribution in [0.3, 0.4) is 0 Å². The maximum absolute atomic E-state index is 13.6. The largest absolute Gasteiger partial charge is 0.416 e. The average molecular weight is 625 g/mol. The average Bonchev–Trinajstić information content (AvgIpc) is 3.86. The summed E-state index contributed by atoms with van der Waals surface area (Å²) in [5.74, 6) is -3.61. The molecule has 1 aromatic carbocycles. The number of carbonyl (C=O) groups excluding carboxylic acids is 2. The molecule has 15 heteroatoms. The van der Waals surface area contributed by atoms with Crippen molar-refractivity contribution in [3.05, 3.63) is 41.0 Å². The number of alkyl halides is 5. The normalized spacial score (nSPS) is 20.2. The van der Waals surface area contributed by atoms with Crippen molar-refractivity contribution < 1.29 is 40.9 Å². The topological polar surface area (TPSA) is 135 Å². The molecule has 6 rings (SSSR count). The highest BCUT2D eigenvalue weighted by molar-refractivity contribution is 5.93. The molecule has 3 saturated carbocycles. The van der Waals surface area contributed by atoms with Gasteiger partial charge in [-0.1, -0.05) is 11.2 Å². The molecule has 3 aliphatic rings. The lowest BCUT2D eigenvalue weighted by molar-refractivity contribution is -0.265. The number of halogens is 5. The molecule has 3 aromatic rings. The lowest BCUT2D eigenvalue weighted by Crippen LogP contribution is -2.44. The van der Waals surface area contributed by atoms with Gasteiger partial charge in [0.15, 0.2) is 11.3 Å². The molecule has 2 aromatic heterocycles. The van der Waals surface area contributed by atoms with Crippen molar-refractivity contribution in [3.8, 4) is 0 Å². The SMILES string of the molecule is CC(C)(OC[C@H](NC(=O)c1nonc1C1CC1)c1nc2ccc([C@H](NC(=O)CC3CC(F)(F)C3)C3CC3)cc2[nH]1)C(F)(F)F. The lowest BCUT2D eigenvalue weighted by atomic mass is 9.79. The summed E-state index contributed by atoms with van der Waals surface area (Å²) >= 11 is 0. The Morgan fingerprint density at radius 2 is 1.84 bits per heavy atom. The summed E-state index contributed by atoms with van der Waals surface area (Å²) < 4.78 is 77.2. The van der Waals surface area contributed by atoms with Crippen LogP contribution >= 0.6 is 0 Å². The van der Waals surface area contributed by atoms with Gasteiger partial charge < -0.3 is 20.4 Å². The molecule has 44 heavy (non-hydrogen) atoms. The zero-order chi connectivity index (χ0) is 31.4. The molecular weight excluding hydrogens is 591 g/mol. The number of hydrogen-bond donors (Lipinski definition) is 3. The van der Waals surface area contributed by atoms with E-state index in [9.17, 15) is 31.5 Å². The number of imidazole rings is 1. The highest BCUT2D eigenvalue weighted by Crippen LogP contribution is 2.45. The molecule has 0 bridgehead atoms. The number of hydrogen-bond acceptors (Lipinski definition) is 7. The number of ether oxygens (including phenoxy) is 1. The number of nitrogens with zero attached hydrogens (tertiary/aromatic N) is 3. The number of benzene rings is 1. The van der Waals surface area contributed by atoms with Gasteiger partial charge >= 0.3 is 6.18 Å². The Labute approximate surface area is 248 Å². The van der Waals surface area contributed by atoms with Crippen molar-refractivity contribution in [2.24, 2.45) is 11.8 Å². The maximum Gasteiger partial charge on any atom is 0.416 e. The fourth-order valence-corrected chi connectivity index (χ4v) is 5.50. The van der Waals surface area contributed by atoms with Gasteiger partial charge in [-0.15, -0.1) is 0 Å². The van der Waals surface area contributed by atoms with Gasteiger partial charge in [0.05, 0.1) is 23.7 Å². The predicted molar refractivity (Wildman–Crippen MR) is 145 cm³/mol. The van der Waals surface area contributed by atoms with E-state index in [-0.39, 0.29) is 60.5 Å². The quantitative estimate of drug-likeness (QED) is 0.222. The van der Waals surface area contributed by atoms with Crippen LogP contribution in [0.4, 0.5) is 22.0 Å². The Kier molecular flexibility index (Phi) is 7.65. The van der Waals surface area contributed by atoms with Crippen molar-refractivity contribution in [2.45, 2.75) is 94.5 Å². The number of aromatic amines is 1. The smallest absolute Gasteiger partial charge is 0.364 e. The van der Waals surface area contributed by atoms with E-state index in [0.717, 1.165) is 45.1 Å². The molecule has 0 aliphatic heterocycles. The summed E-state index contributed by atoms with van der Waals surface area (Å²) in [6, 6.07) is 3.85. The molecular formula is C29H33F5N6O4. The number of aromatic nitrogens is 4. The Morgan fingerprint density at radius 1 is 1.11 bits per heavy atom. The summed E-state index contributed by atoms with van der Waals surface area (Å²) in [5, 5.41) is 13.2. The third-order valence-corrected chi connectivity index (χ3v) is 8.56. The molecule has 0 saturated heterocycles. The van der Waals surface area contributed by atoms with E-state index in [1.165, 1.54) is 0 Å². The molecule has 10 nitrogen and oxygen atoms in total.